The molecule has 1 aliphatic rings. The third kappa shape index (κ3) is 3.49. The van der Waals surface area contributed by atoms with Crippen LogP contribution in [0.4, 0.5) is 5.69 Å². The van der Waals surface area contributed by atoms with Crippen LogP contribution in [0.2, 0.25) is 0 Å². The molecule has 1 saturated carbocycles. The number of anilines is 1. The van der Waals surface area contributed by atoms with Gasteiger partial charge in [0.15, 0.2) is 0 Å². The molecule has 1 aromatic carbocycles. The van der Waals surface area contributed by atoms with Gasteiger partial charge in [-0.1, -0.05) is 38.3 Å². The van der Waals surface area contributed by atoms with Crippen LogP contribution in [0.5, 0.6) is 0 Å². The van der Waals surface area contributed by atoms with Gasteiger partial charge in [-0.25, -0.2) is 0 Å². The van der Waals surface area contributed by atoms with Crippen molar-refractivity contribution in [1.29, 1.82) is 0 Å². The lowest BCUT2D eigenvalue weighted by Crippen LogP contribution is -2.37. The number of hydrogen-bond acceptors (Lipinski definition) is 2. The van der Waals surface area contributed by atoms with E-state index in [9.17, 15) is 9.59 Å². The van der Waals surface area contributed by atoms with Crippen LogP contribution in [-0.4, -0.2) is 17.0 Å². The van der Waals surface area contributed by atoms with E-state index in [1.165, 1.54) is 6.42 Å². The lowest BCUT2D eigenvalue weighted by atomic mass is 9.71. The molecule has 1 aromatic rings. The Kier molecular flexibility index (Phi) is 5.22. The monoisotopic (exact) mass is 303 g/mol. The van der Waals surface area contributed by atoms with Gasteiger partial charge in [-0.15, -0.1) is 0 Å². The van der Waals surface area contributed by atoms with E-state index in [0.29, 0.717) is 0 Å². The Bertz CT molecular complexity index is 530. The van der Waals surface area contributed by atoms with Crippen molar-refractivity contribution >= 4 is 17.6 Å². The number of rotatable bonds is 5. The second-order valence-electron chi connectivity index (χ2n) is 6.33. The fourth-order valence-electron chi connectivity index (χ4n) is 3.23. The van der Waals surface area contributed by atoms with Crippen molar-refractivity contribution in [3.63, 3.8) is 0 Å². The Morgan fingerprint density at radius 2 is 1.77 bits per heavy atom. The number of carbonyl (C=O) groups excluding carboxylic acids is 1. The van der Waals surface area contributed by atoms with Crippen molar-refractivity contribution < 1.29 is 14.7 Å². The molecule has 1 atom stereocenters. The Labute approximate surface area is 131 Å². The van der Waals surface area contributed by atoms with Crippen molar-refractivity contribution in [1.82, 2.24) is 0 Å². The number of carbonyl (C=O) groups is 2. The van der Waals surface area contributed by atoms with Crippen LogP contribution in [0.1, 0.15) is 63.9 Å². The maximum atomic E-state index is 12.6. The van der Waals surface area contributed by atoms with Gasteiger partial charge in [-0.05, 0) is 43.9 Å². The Morgan fingerprint density at radius 3 is 2.27 bits per heavy atom. The van der Waals surface area contributed by atoms with E-state index >= 15 is 0 Å². The van der Waals surface area contributed by atoms with Crippen molar-refractivity contribution in [2.24, 2.45) is 5.41 Å². The fourth-order valence-corrected chi connectivity index (χ4v) is 3.23. The summed E-state index contributed by atoms with van der Waals surface area (Å²) in [5.41, 5.74) is 1.25. The minimum Gasteiger partial charge on any atom is -0.481 e. The van der Waals surface area contributed by atoms with Crippen LogP contribution in [0.3, 0.4) is 0 Å². The SMILES string of the molecule is CCC1(C(=O)Nc2ccc(C(C)C(=O)O)cc2)CCCCC1. The van der Waals surface area contributed by atoms with E-state index < -0.39 is 11.9 Å². The number of aliphatic carboxylic acids is 1. The molecular weight excluding hydrogens is 278 g/mol. The quantitative estimate of drug-likeness (QED) is 0.857. The summed E-state index contributed by atoms with van der Waals surface area (Å²) in [5, 5.41) is 12.0. The van der Waals surface area contributed by atoms with E-state index in [4.69, 9.17) is 5.11 Å². The van der Waals surface area contributed by atoms with Crippen LogP contribution >= 0.6 is 0 Å². The lowest BCUT2D eigenvalue weighted by Gasteiger charge is -2.34. The van der Waals surface area contributed by atoms with Crippen molar-refractivity contribution in [2.75, 3.05) is 5.32 Å². The van der Waals surface area contributed by atoms with Crippen molar-refractivity contribution in [3.8, 4) is 0 Å². The minimum atomic E-state index is -0.844. The number of benzene rings is 1. The zero-order valence-electron chi connectivity index (χ0n) is 13.4. The molecule has 0 radical (unpaired) electrons. The minimum absolute atomic E-state index is 0.105. The summed E-state index contributed by atoms with van der Waals surface area (Å²) >= 11 is 0. The zero-order chi connectivity index (χ0) is 16.2. The number of nitrogens with one attached hydrogen (secondary N) is 1. The van der Waals surface area contributed by atoms with Crippen LogP contribution < -0.4 is 5.32 Å². The molecule has 1 unspecified atom stereocenters. The van der Waals surface area contributed by atoms with Crippen molar-refractivity contribution in [2.45, 2.75) is 58.3 Å². The zero-order valence-corrected chi connectivity index (χ0v) is 13.4. The van der Waals surface area contributed by atoms with E-state index in [1.54, 1.807) is 31.2 Å². The summed E-state index contributed by atoms with van der Waals surface area (Å²) in [4.78, 5) is 23.6. The van der Waals surface area contributed by atoms with E-state index in [1.807, 2.05) is 0 Å². The molecule has 0 aliphatic heterocycles. The van der Waals surface area contributed by atoms with Gasteiger partial charge < -0.3 is 10.4 Å². The molecule has 1 aliphatic carbocycles. The predicted molar refractivity (Wildman–Crippen MR) is 86.9 cm³/mol. The Morgan fingerprint density at radius 1 is 1.18 bits per heavy atom. The van der Waals surface area contributed by atoms with Gasteiger partial charge in [-0.3, -0.25) is 9.59 Å². The summed E-state index contributed by atoms with van der Waals surface area (Å²) in [5.74, 6) is -1.28. The first kappa shape index (κ1) is 16.5. The second kappa shape index (κ2) is 6.95. The standard InChI is InChI=1S/C18H25NO3/c1-3-18(11-5-4-6-12-18)17(22)19-15-9-7-14(8-10-15)13(2)16(20)21/h7-10,13H,3-6,11-12H2,1-2H3,(H,19,22)(H,20,21). The largest absolute Gasteiger partial charge is 0.481 e. The summed E-state index contributed by atoms with van der Waals surface area (Å²) in [6.07, 6.45) is 6.25. The maximum absolute atomic E-state index is 12.6. The highest BCUT2D eigenvalue weighted by Crippen LogP contribution is 2.40. The van der Waals surface area contributed by atoms with E-state index in [2.05, 4.69) is 12.2 Å². The molecule has 120 valence electrons. The molecule has 22 heavy (non-hydrogen) atoms. The maximum Gasteiger partial charge on any atom is 0.310 e. The molecule has 2 N–H and O–H groups in total. The molecular formula is C18H25NO3. The van der Waals surface area contributed by atoms with Gasteiger partial charge in [0.2, 0.25) is 5.91 Å². The van der Waals surface area contributed by atoms with E-state index in [-0.39, 0.29) is 11.3 Å². The summed E-state index contributed by atoms with van der Waals surface area (Å²) in [6, 6.07) is 7.12. The number of amides is 1. The fraction of sp³-hybridized carbons (Fsp3) is 0.556. The molecule has 0 spiro atoms. The van der Waals surface area contributed by atoms with Gasteiger partial charge in [0.05, 0.1) is 5.92 Å². The molecule has 1 fully saturated rings. The first-order chi connectivity index (χ1) is 10.5. The highest BCUT2D eigenvalue weighted by Gasteiger charge is 2.37. The molecule has 4 nitrogen and oxygen atoms in total. The number of carboxylic acids is 1. The van der Waals surface area contributed by atoms with Gasteiger partial charge >= 0.3 is 5.97 Å². The molecule has 0 aromatic heterocycles. The van der Waals surface area contributed by atoms with Crippen LogP contribution in [0, 0.1) is 5.41 Å². The smallest absolute Gasteiger partial charge is 0.310 e. The highest BCUT2D eigenvalue weighted by molar-refractivity contribution is 5.95. The summed E-state index contributed by atoms with van der Waals surface area (Å²) in [6.45, 7) is 3.74. The average Bonchev–Trinajstić information content (AvgIpc) is 2.55. The van der Waals surface area contributed by atoms with Gasteiger partial charge in [0, 0.05) is 11.1 Å². The van der Waals surface area contributed by atoms with Gasteiger partial charge in [0.1, 0.15) is 0 Å². The summed E-state index contributed by atoms with van der Waals surface area (Å²) in [7, 11) is 0. The van der Waals surface area contributed by atoms with Crippen molar-refractivity contribution in [3.05, 3.63) is 29.8 Å². The first-order valence-corrected chi connectivity index (χ1v) is 8.13. The number of hydrogen-bond donors (Lipinski definition) is 2. The lowest BCUT2D eigenvalue weighted by molar-refractivity contribution is -0.138. The second-order valence-corrected chi connectivity index (χ2v) is 6.33. The third-order valence-electron chi connectivity index (χ3n) is 5.01. The summed E-state index contributed by atoms with van der Waals surface area (Å²) < 4.78 is 0. The molecule has 4 heteroatoms. The predicted octanol–water partition coefficient (Wildman–Crippen LogP) is 4.17. The molecule has 0 bridgehead atoms. The Balaban J connectivity index is 2.06. The first-order valence-electron chi connectivity index (χ1n) is 8.13. The van der Waals surface area contributed by atoms with Crippen LogP contribution in [-0.2, 0) is 9.59 Å². The highest BCUT2D eigenvalue weighted by atomic mass is 16.4. The molecule has 2 rings (SSSR count). The van der Waals surface area contributed by atoms with Crippen LogP contribution in [0.25, 0.3) is 0 Å². The third-order valence-corrected chi connectivity index (χ3v) is 5.01. The topological polar surface area (TPSA) is 66.4 Å². The molecule has 0 saturated heterocycles. The number of carboxylic acid groups (broad SMARTS) is 1. The van der Waals surface area contributed by atoms with Gasteiger partial charge in [0.25, 0.3) is 0 Å². The van der Waals surface area contributed by atoms with Gasteiger partial charge in [-0.2, -0.15) is 0 Å². The molecule has 1 amide bonds. The average molecular weight is 303 g/mol. The Hall–Kier alpha value is -1.84. The van der Waals surface area contributed by atoms with Crippen LogP contribution in [0.15, 0.2) is 24.3 Å². The van der Waals surface area contributed by atoms with E-state index in [0.717, 1.165) is 43.4 Å². The molecule has 0 heterocycles. The normalized spacial score (nSPS) is 18.5.